The van der Waals surface area contributed by atoms with Crippen molar-refractivity contribution < 1.29 is 23.9 Å². The molecule has 2 aromatic rings. The van der Waals surface area contributed by atoms with Gasteiger partial charge in [-0.1, -0.05) is 26.0 Å². The zero-order valence-electron chi connectivity index (χ0n) is 16.1. The number of anilines is 1. The summed E-state index contributed by atoms with van der Waals surface area (Å²) in [7, 11) is 0. The predicted octanol–water partition coefficient (Wildman–Crippen LogP) is 2.86. The fourth-order valence-corrected chi connectivity index (χ4v) is 2.34. The van der Waals surface area contributed by atoms with Crippen LogP contribution < -0.4 is 15.8 Å². The maximum atomic E-state index is 12.1. The van der Waals surface area contributed by atoms with E-state index in [-0.39, 0.29) is 6.61 Å². The zero-order chi connectivity index (χ0) is 20.7. The maximum Gasteiger partial charge on any atom is 0.344 e. The lowest BCUT2D eigenvalue weighted by atomic mass is 10.0. The lowest BCUT2D eigenvalue weighted by Crippen LogP contribution is -2.31. The van der Waals surface area contributed by atoms with Gasteiger partial charge in [0.1, 0.15) is 5.75 Å². The summed E-state index contributed by atoms with van der Waals surface area (Å²) in [4.78, 5) is 35.1. The molecule has 148 valence electrons. The molecule has 1 atom stereocenters. The molecular formula is C21H24N2O5. The average Bonchev–Trinajstić information content (AvgIpc) is 2.67. The van der Waals surface area contributed by atoms with Crippen LogP contribution in [0.3, 0.4) is 0 Å². The highest BCUT2D eigenvalue weighted by atomic mass is 16.6. The van der Waals surface area contributed by atoms with E-state index < -0.39 is 23.9 Å². The third kappa shape index (κ3) is 6.12. The topological polar surface area (TPSA) is 108 Å². The average molecular weight is 384 g/mol. The number of hydrogen-bond acceptors (Lipinski definition) is 5. The standard InChI is InChI=1S/C21H24N2O5/c1-13(2)15-6-10-18(11-7-15)27-12-19(24)28-14(3)21(26)23-17-8-4-16(5-9-17)20(22)25/h4-11,13-14H,12H2,1-3H3,(H2,22,25)(H,23,26)/t14-/m1/s1. The molecule has 0 aliphatic heterocycles. The van der Waals surface area contributed by atoms with E-state index in [1.165, 1.54) is 36.8 Å². The van der Waals surface area contributed by atoms with E-state index in [4.69, 9.17) is 15.2 Å². The second-order valence-corrected chi connectivity index (χ2v) is 6.58. The fourth-order valence-electron chi connectivity index (χ4n) is 2.34. The Morgan fingerprint density at radius 3 is 2.11 bits per heavy atom. The van der Waals surface area contributed by atoms with E-state index in [0.29, 0.717) is 22.9 Å². The smallest absolute Gasteiger partial charge is 0.344 e. The monoisotopic (exact) mass is 384 g/mol. The van der Waals surface area contributed by atoms with E-state index >= 15 is 0 Å². The van der Waals surface area contributed by atoms with Crippen LogP contribution in [0.1, 0.15) is 42.6 Å². The summed E-state index contributed by atoms with van der Waals surface area (Å²) < 4.78 is 10.5. The molecule has 2 amide bonds. The third-order valence-electron chi connectivity index (χ3n) is 4.02. The molecule has 0 aliphatic carbocycles. The first-order valence-corrected chi connectivity index (χ1v) is 8.89. The SMILES string of the molecule is CC(C)c1ccc(OCC(=O)O[C@H](C)C(=O)Nc2ccc(C(N)=O)cc2)cc1. The lowest BCUT2D eigenvalue weighted by Gasteiger charge is -2.14. The zero-order valence-corrected chi connectivity index (χ0v) is 16.1. The molecule has 3 N–H and O–H groups in total. The molecule has 0 bridgehead atoms. The summed E-state index contributed by atoms with van der Waals surface area (Å²) >= 11 is 0. The Hall–Kier alpha value is -3.35. The second kappa shape index (κ2) is 9.55. The van der Waals surface area contributed by atoms with Crippen molar-refractivity contribution in [2.24, 2.45) is 5.73 Å². The van der Waals surface area contributed by atoms with Gasteiger partial charge in [-0.15, -0.1) is 0 Å². The number of ether oxygens (including phenoxy) is 2. The van der Waals surface area contributed by atoms with Crippen LogP contribution in [-0.2, 0) is 14.3 Å². The van der Waals surface area contributed by atoms with E-state index in [1.54, 1.807) is 12.1 Å². The van der Waals surface area contributed by atoms with Crippen molar-refractivity contribution in [3.63, 3.8) is 0 Å². The number of hydrogen-bond donors (Lipinski definition) is 2. The summed E-state index contributed by atoms with van der Waals surface area (Å²) in [6.45, 7) is 5.34. The molecule has 0 saturated heterocycles. The van der Waals surface area contributed by atoms with Gasteiger partial charge in [0.15, 0.2) is 12.7 Å². The Morgan fingerprint density at radius 1 is 0.964 bits per heavy atom. The Morgan fingerprint density at radius 2 is 1.57 bits per heavy atom. The van der Waals surface area contributed by atoms with Crippen LogP contribution in [0.5, 0.6) is 5.75 Å². The van der Waals surface area contributed by atoms with Gasteiger partial charge in [-0.05, 0) is 54.8 Å². The predicted molar refractivity (Wildman–Crippen MR) is 105 cm³/mol. The molecule has 0 fully saturated rings. The highest BCUT2D eigenvalue weighted by molar-refractivity contribution is 5.96. The van der Waals surface area contributed by atoms with Gasteiger partial charge in [0, 0.05) is 11.3 Å². The molecule has 0 aliphatic rings. The normalized spacial score (nSPS) is 11.6. The quantitative estimate of drug-likeness (QED) is 0.681. The Bertz CT molecular complexity index is 829. The van der Waals surface area contributed by atoms with Gasteiger partial charge in [0.2, 0.25) is 5.91 Å². The molecule has 0 saturated carbocycles. The number of nitrogens with one attached hydrogen (secondary N) is 1. The molecule has 0 heterocycles. The first-order valence-electron chi connectivity index (χ1n) is 8.89. The van der Waals surface area contributed by atoms with Crippen LogP contribution in [0.15, 0.2) is 48.5 Å². The van der Waals surface area contributed by atoms with Gasteiger partial charge in [-0.25, -0.2) is 4.79 Å². The van der Waals surface area contributed by atoms with Crippen LogP contribution in [0, 0.1) is 0 Å². The molecular weight excluding hydrogens is 360 g/mol. The largest absolute Gasteiger partial charge is 0.482 e. The number of esters is 1. The van der Waals surface area contributed by atoms with Gasteiger partial charge in [0.25, 0.3) is 5.91 Å². The Kier molecular flexibility index (Phi) is 7.14. The van der Waals surface area contributed by atoms with Crippen LogP contribution in [-0.4, -0.2) is 30.5 Å². The molecule has 0 aromatic heterocycles. The van der Waals surface area contributed by atoms with Crippen LogP contribution in [0.4, 0.5) is 5.69 Å². The Labute approximate surface area is 163 Å². The number of primary amides is 1. The minimum absolute atomic E-state index is 0.300. The Balaban J connectivity index is 1.80. The summed E-state index contributed by atoms with van der Waals surface area (Å²) in [5.41, 5.74) is 7.12. The number of nitrogens with two attached hydrogens (primary N) is 1. The van der Waals surface area contributed by atoms with Crippen molar-refractivity contribution in [3.05, 3.63) is 59.7 Å². The second-order valence-electron chi connectivity index (χ2n) is 6.58. The molecule has 7 heteroatoms. The molecule has 0 unspecified atom stereocenters. The summed E-state index contributed by atoms with van der Waals surface area (Å²) in [5.74, 6) is -0.751. The van der Waals surface area contributed by atoms with Crippen molar-refractivity contribution in [1.82, 2.24) is 0 Å². The summed E-state index contributed by atoms with van der Waals surface area (Å²) in [6.07, 6.45) is -1.00. The van der Waals surface area contributed by atoms with Gasteiger partial charge < -0.3 is 20.5 Å². The molecule has 2 aromatic carbocycles. The first-order chi connectivity index (χ1) is 13.3. The number of carbonyl (C=O) groups is 3. The van der Waals surface area contributed by atoms with Gasteiger partial charge >= 0.3 is 5.97 Å². The minimum Gasteiger partial charge on any atom is -0.482 e. The number of rotatable bonds is 8. The van der Waals surface area contributed by atoms with E-state index in [2.05, 4.69) is 19.2 Å². The highest BCUT2D eigenvalue weighted by Gasteiger charge is 2.18. The number of benzene rings is 2. The van der Waals surface area contributed by atoms with Crippen LogP contribution in [0.25, 0.3) is 0 Å². The van der Waals surface area contributed by atoms with E-state index in [0.717, 1.165) is 0 Å². The molecule has 7 nitrogen and oxygen atoms in total. The first kappa shape index (κ1) is 21.0. The molecule has 0 radical (unpaired) electrons. The van der Waals surface area contributed by atoms with Gasteiger partial charge in [-0.3, -0.25) is 9.59 Å². The number of carbonyl (C=O) groups excluding carboxylic acids is 3. The minimum atomic E-state index is -1.00. The van der Waals surface area contributed by atoms with Crippen molar-refractivity contribution in [2.45, 2.75) is 32.8 Å². The number of amides is 2. The fraction of sp³-hybridized carbons (Fsp3) is 0.286. The third-order valence-corrected chi connectivity index (χ3v) is 4.02. The van der Waals surface area contributed by atoms with Crippen molar-refractivity contribution >= 4 is 23.5 Å². The van der Waals surface area contributed by atoms with Crippen molar-refractivity contribution in [2.75, 3.05) is 11.9 Å². The molecule has 2 rings (SSSR count). The van der Waals surface area contributed by atoms with Crippen LogP contribution in [0.2, 0.25) is 0 Å². The van der Waals surface area contributed by atoms with E-state index in [1.807, 2.05) is 12.1 Å². The summed E-state index contributed by atoms with van der Waals surface area (Å²) in [5, 5.41) is 2.59. The summed E-state index contributed by atoms with van der Waals surface area (Å²) in [6, 6.07) is 13.5. The molecule has 28 heavy (non-hydrogen) atoms. The highest BCUT2D eigenvalue weighted by Crippen LogP contribution is 2.18. The van der Waals surface area contributed by atoms with Crippen molar-refractivity contribution in [3.8, 4) is 5.75 Å². The molecule has 0 spiro atoms. The van der Waals surface area contributed by atoms with Crippen LogP contribution >= 0.6 is 0 Å². The van der Waals surface area contributed by atoms with Gasteiger partial charge in [-0.2, -0.15) is 0 Å². The maximum absolute atomic E-state index is 12.1. The van der Waals surface area contributed by atoms with Crippen molar-refractivity contribution in [1.29, 1.82) is 0 Å². The lowest BCUT2D eigenvalue weighted by molar-refractivity contribution is -0.155. The van der Waals surface area contributed by atoms with E-state index in [9.17, 15) is 14.4 Å². The van der Waals surface area contributed by atoms with Gasteiger partial charge in [0.05, 0.1) is 0 Å².